The molecule has 0 aliphatic carbocycles. The van der Waals surface area contributed by atoms with Gasteiger partial charge in [-0.1, -0.05) is 57.0 Å². The summed E-state index contributed by atoms with van der Waals surface area (Å²) in [6, 6.07) is 10.0. The molecule has 1 N–H and O–H groups in total. The predicted molar refractivity (Wildman–Crippen MR) is 82.8 cm³/mol. The Morgan fingerprint density at radius 1 is 1.05 bits per heavy atom. The first kappa shape index (κ1) is 14.6. The maximum absolute atomic E-state index is 10.5. The van der Waals surface area contributed by atoms with Gasteiger partial charge in [-0.05, 0) is 19.3 Å². The first-order chi connectivity index (χ1) is 9.77. The lowest BCUT2D eigenvalue weighted by atomic mass is 10.1. The smallest absolute Gasteiger partial charge is 0.164 e. The molecule has 0 radical (unpaired) electrons. The highest BCUT2D eigenvalue weighted by molar-refractivity contribution is 5.67. The average Bonchev–Trinajstić information content (AvgIpc) is 2.80. The summed E-state index contributed by atoms with van der Waals surface area (Å²) in [5.41, 5.74) is 2.74. The summed E-state index contributed by atoms with van der Waals surface area (Å²) in [7, 11) is 0. The fraction of sp³-hybridized carbons (Fsp3) is 0.471. The minimum absolute atomic E-state index is 0.362. The maximum atomic E-state index is 10.5. The van der Waals surface area contributed by atoms with Crippen LogP contribution in [0.2, 0.25) is 0 Å². The first-order valence-electron chi connectivity index (χ1n) is 7.62. The van der Waals surface area contributed by atoms with Gasteiger partial charge in [-0.15, -0.1) is 0 Å². The molecule has 1 aromatic heterocycles. The molecule has 20 heavy (non-hydrogen) atoms. The number of aromatic nitrogens is 2. The van der Waals surface area contributed by atoms with Crippen LogP contribution >= 0.6 is 0 Å². The monoisotopic (exact) mass is 272 g/mol. The van der Waals surface area contributed by atoms with Crippen molar-refractivity contribution in [1.82, 2.24) is 9.78 Å². The van der Waals surface area contributed by atoms with Crippen molar-refractivity contribution in [3.8, 4) is 17.0 Å². The van der Waals surface area contributed by atoms with E-state index >= 15 is 0 Å². The van der Waals surface area contributed by atoms with Crippen molar-refractivity contribution < 1.29 is 5.11 Å². The molecule has 0 unspecified atom stereocenters. The third kappa shape index (κ3) is 3.21. The quantitative estimate of drug-likeness (QED) is 0.811. The van der Waals surface area contributed by atoms with E-state index in [1.54, 1.807) is 0 Å². The van der Waals surface area contributed by atoms with Crippen LogP contribution in [-0.4, -0.2) is 14.9 Å². The summed E-state index contributed by atoms with van der Waals surface area (Å²) in [6.45, 7) is 5.19. The number of hydrogen-bond donors (Lipinski definition) is 1. The summed E-state index contributed by atoms with van der Waals surface area (Å²) in [5, 5.41) is 15.1. The van der Waals surface area contributed by atoms with Crippen molar-refractivity contribution in [3.05, 3.63) is 36.0 Å². The number of aryl methyl sites for hydroxylation is 2. The number of unbranched alkanes of at least 4 members (excludes halogenated alkanes) is 2. The Morgan fingerprint density at radius 3 is 2.40 bits per heavy atom. The summed E-state index contributed by atoms with van der Waals surface area (Å²) in [5.74, 6) is 0.362. The second kappa shape index (κ2) is 7.13. The standard InChI is InChI=1S/C17H24N2O/c1-3-5-12-15-17(20)16(14-10-8-7-9-11-14)19(18-15)13-6-4-2/h7-11,20H,3-6,12-13H2,1-2H3. The number of nitrogens with zero attached hydrogens (tertiary/aromatic N) is 2. The highest BCUT2D eigenvalue weighted by Gasteiger charge is 2.17. The Morgan fingerprint density at radius 2 is 1.75 bits per heavy atom. The normalized spacial score (nSPS) is 10.9. The molecule has 3 heteroatoms. The fourth-order valence-corrected chi connectivity index (χ4v) is 2.37. The van der Waals surface area contributed by atoms with Crippen LogP contribution in [-0.2, 0) is 13.0 Å². The molecule has 108 valence electrons. The number of hydrogen-bond acceptors (Lipinski definition) is 2. The molecular weight excluding hydrogens is 248 g/mol. The van der Waals surface area contributed by atoms with Crippen molar-refractivity contribution >= 4 is 0 Å². The highest BCUT2D eigenvalue weighted by atomic mass is 16.3. The molecule has 0 aliphatic heterocycles. The van der Waals surface area contributed by atoms with Gasteiger partial charge in [0.2, 0.25) is 0 Å². The lowest BCUT2D eigenvalue weighted by Gasteiger charge is -2.06. The fourth-order valence-electron chi connectivity index (χ4n) is 2.37. The third-order valence-electron chi connectivity index (χ3n) is 3.54. The second-order valence-electron chi connectivity index (χ2n) is 5.19. The van der Waals surface area contributed by atoms with Crippen molar-refractivity contribution in [3.63, 3.8) is 0 Å². The van der Waals surface area contributed by atoms with Crippen LogP contribution in [0.15, 0.2) is 30.3 Å². The van der Waals surface area contributed by atoms with Crippen molar-refractivity contribution in [2.75, 3.05) is 0 Å². The van der Waals surface area contributed by atoms with E-state index in [0.29, 0.717) is 5.75 Å². The number of aromatic hydroxyl groups is 1. The Hall–Kier alpha value is -1.77. The van der Waals surface area contributed by atoms with Crippen LogP contribution < -0.4 is 0 Å². The second-order valence-corrected chi connectivity index (χ2v) is 5.19. The summed E-state index contributed by atoms with van der Waals surface area (Å²) in [6.07, 6.45) is 5.23. The molecule has 0 aliphatic rings. The Balaban J connectivity index is 2.38. The van der Waals surface area contributed by atoms with E-state index in [0.717, 1.165) is 55.6 Å². The van der Waals surface area contributed by atoms with Crippen LogP contribution in [0.5, 0.6) is 5.75 Å². The van der Waals surface area contributed by atoms with Crippen LogP contribution in [0.4, 0.5) is 0 Å². The van der Waals surface area contributed by atoms with E-state index < -0.39 is 0 Å². The zero-order valence-electron chi connectivity index (χ0n) is 12.5. The Kier molecular flexibility index (Phi) is 5.22. The largest absolute Gasteiger partial charge is 0.504 e. The molecule has 0 fully saturated rings. The number of rotatable bonds is 7. The summed E-state index contributed by atoms with van der Waals surface area (Å²) >= 11 is 0. The van der Waals surface area contributed by atoms with E-state index in [4.69, 9.17) is 0 Å². The van der Waals surface area contributed by atoms with Gasteiger partial charge in [-0.3, -0.25) is 4.68 Å². The molecule has 1 aromatic carbocycles. The molecule has 0 saturated carbocycles. The lowest BCUT2D eigenvalue weighted by molar-refractivity contribution is 0.468. The molecule has 3 nitrogen and oxygen atoms in total. The van der Waals surface area contributed by atoms with Gasteiger partial charge in [0.05, 0.1) is 0 Å². The summed E-state index contributed by atoms with van der Waals surface area (Å²) in [4.78, 5) is 0. The molecule has 0 atom stereocenters. The average molecular weight is 272 g/mol. The van der Waals surface area contributed by atoms with Crippen molar-refractivity contribution in [1.29, 1.82) is 0 Å². The van der Waals surface area contributed by atoms with Crippen LogP contribution in [0.25, 0.3) is 11.3 Å². The highest BCUT2D eigenvalue weighted by Crippen LogP contribution is 2.33. The van der Waals surface area contributed by atoms with E-state index in [2.05, 4.69) is 18.9 Å². The number of benzene rings is 1. The van der Waals surface area contributed by atoms with Crippen molar-refractivity contribution in [2.24, 2.45) is 0 Å². The minimum atomic E-state index is 0.362. The maximum Gasteiger partial charge on any atom is 0.164 e. The molecular formula is C17H24N2O. The van der Waals surface area contributed by atoms with Gasteiger partial charge in [-0.25, -0.2) is 0 Å². The van der Waals surface area contributed by atoms with Gasteiger partial charge >= 0.3 is 0 Å². The van der Waals surface area contributed by atoms with Crippen LogP contribution in [0, 0.1) is 0 Å². The SMILES string of the molecule is CCCCc1nn(CCCC)c(-c2ccccc2)c1O. The van der Waals surface area contributed by atoms with E-state index in [1.807, 2.05) is 35.0 Å². The topological polar surface area (TPSA) is 38.0 Å². The molecule has 1 heterocycles. The van der Waals surface area contributed by atoms with Gasteiger partial charge in [0, 0.05) is 12.1 Å². The third-order valence-corrected chi connectivity index (χ3v) is 3.54. The van der Waals surface area contributed by atoms with Gasteiger partial charge in [-0.2, -0.15) is 5.10 Å². The van der Waals surface area contributed by atoms with Gasteiger partial charge in [0.1, 0.15) is 11.4 Å². The molecule has 2 aromatic rings. The van der Waals surface area contributed by atoms with Gasteiger partial charge in [0.15, 0.2) is 5.75 Å². The van der Waals surface area contributed by atoms with E-state index in [-0.39, 0.29) is 0 Å². The van der Waals surface area contributed by atoms with E-state index in [9.17, 15) is 5.11 Å². The minimum Gasteiger partial charge on any atom is -0.504 e. The van der Waals surface area contributed by atoms with E-state index in [1.165, 1.54) is 0 Å². The zero-order valence-corrected chi connectivity index (χ0v) is 12.5. The molecule has 0 bridgehead atoms. The Labute approximate surface area is 121 Å². The summed E-state index contributed by atoms with van der Waals surface area (Å²) < 4.78 is 1.97. The lowest BCUT2D eigenvalue weighted by Crippen LogP contribution is -2.02. The molecule has 2 rings (SSSR count). The molecule has 0 saturated heterocycles. The van der Waals surface area contributed by atoms with Crippen LogP contribution in [0.3, 0.4) is 0 Å². The molecule has 0 spiro atoms. The zero-order chi connectivity index (χ0) is 14.4. The predicted octanol–water partition coefficient (Wildman–Crippen LogP) is 4.40. The van der Waals surface area contributed by atoms with Gasteiger partial charge in [0.25, 0.3) is 0 Å². The van der Waals surface area contributed by atoms with Crippen LogP contribution in [0.1, 0.15) is 45.2 Å². The van der Waals surface area contributed by atoms with Crippen molar-refractivity contribution in [2.45, 2.75) is 52.5 Å². The molecule has 0 amide bonds. The first-order valence-corrected chi connectivity index (χ1v) is 7.62. The Bertz CT molecular complexity index is 531. The van der Waals surface area contributed by atoms with Gasteiger partial charge < -0.3 is 5.11 Å².